The van der Waals surface area contributed by atoms with Crippen LogP contribution in [0.4, 0.5) is 0 Å². The molecule has 0 aliphatic heterocycles. The summed E-state index contributed by atoms with van der Waals surface area (Å²) in [5.74, 6) is 0.299. The monoisotopic (exact) mass is 245 g/mol. The number of aliphatic hydroxyl groups is 1. The molecule has 3 rings (SSSR count). The first-order valence-corrected chi connectivity index (χ1v) is 6.81. The van der Waals surface area contributed by atoms with Gasteiger partial charge < -0.3 is 10.4 Å². The largest absolute Gasteiger partial charge is 0.387 e. The molecule has 1 amide bonds. The first-order chi connectivity index (χ1) is 8.74. The Balaban J connectivity index is 1.61. The van der Waals surface area contributed by atoms with E-state index >= 15 is 0 Å². The van der Waals surface area contributed by atoms with Crippen molar-refractivity contribution in [1.29, 1.82) is 0 Å². The number of carbonyl (C=O) groups is 1. The Kier molecular flexibility index (Phi) is 3.08. The minimum atomic E-state index is -0.585. The number of hydrogen-bond acceptors (Lipinski definition) is 2. The number of hydrogen-bond donors (Lipinski definition) is 2. The normalized spacial score (nSPS) is 19.4. The van der Waals surface area contributed by atoms with Gasteiger partial charge in [-0.3, -0.25) is 4.79 Å². The van der Waals surface area contributed by atoms with Gasteiger partial charge in [-0.25, -0.2) is 0 Å². The summed E-state index contributed by atoms with van der Waals surface area (Å²) in [6, 6.07) is 6.19. The van der Waals surface area contributed by atoms with Crippen molar-refractivity contribution in [3.05, 3.63) is 34.9 Å². The van der Waals surface area contributed by atoms with E-state index in [1.807, 2.05) is 6.07 Å². The summed E-state index contributed by atoms with van der Waals surface area (Å²) < 4.78 is 0. The van der Waals surface area contributed by atoms with Crippen LogP contribution in [-0.2, 0) is 17.6 Å². The molecule has 0 heterocycles. The Bertz CT molecular complexity index is 466. The Labute approximate surface area is 107 Å². The van der Waals surface area contributed by atoms with Gasteiger partial charge in [0.05, 0.1) is 6.10 Å². The SMILES string of the molecule is O=C(NCC(O)c1ccc2c(c1)CCC2)C1CC1. The van der Waals surface area contributed by atoms with E-state index in [-0.39, 0.29) is 11.8 Å². The Morgan fingerprint density at radius 1 is 1.33 bits per heavy atom. The summed E-state index contributed by atoms with van der Waals surface area (Å²) in [5.41, 5.74) is 3.69. The molecule has 0 spiro atoms. The van der Waals surface area contributed by atoms with E-state index in [2.05, 4.69) is 17.4 Å². The standard InChI is InChI=1S/C15H19NO2/c17-14(9-16-15(18)11-5-6-11)13-7-4-10-2-1-3-12(10)8-13/h4,7-8,11,14,17H,1-3,5-6,9H2,(H,16,18). The van der Waals surface area contributed by atoms with Gasteiger partial charge in [-0.1, -0.05) is 18.2 Å². The van der Waals surface area contributed by atoms with E-state index < -0.39 is 6.10 Å². The van der Waals surface area contributed by atoms with E-state index in [0.717, 1.165) is 31.2 Å². The van der Waals surface area contributed by atoms with Gasteiger partial charge in [0.15, 0.2) is 0 Å². The van der Waals surface area contributed by atoms with Crippen molar-refractivity contribution in [2.24, 2.45) is 5.92 Å². The number of amides is 1. The number of benzene rings is 1. The number of aryl methyl sites for hydroxylation is 2. The molecule has 18 heavy (non-hydrogen) atoms. The third-order valence-electron chi connectivity index (χ3n) is 3.93. The summed E-state index contributed by atoms with van der Waals surface area (Å²) in [6.07, 6.45) is 4.90. The summed E-state index contributed by atoms with van der Waals surface area (Å²) >= 11 is 0. The molecule has 1 aromatic carbocycles. The van der Waals surface area contributed by atoms with Crippen molar-refractivity contribution < 1.29 is 9.90 Å². The number of rotatable bonds is 4. The van der Waals surface area contributed by atoms with Crippen LogP contribution in [-0.4, -0.2) is 17.6 Å². The lowest BCUT2D eigenvalue weighted by atomic mass is 10.0. The van der Waals surface area contributed by atoms with Crippen LogP contribution in [0.2, 0.25) is 0 Å². The fraction of sp³-hybridized carbons (Fsp3) is 0.533. The highest BCUT2D eigenvalue weighted by molar-refractivity contribution is 5.80. The summed E-state index contributed by atoms with van der Waals surface area (Å²) in [4.78, 5) is 11.5. The van der Waals surface area contributed by atoms with Crippen LogP contribution >= 0.6 is 0 Å². The zero-order chi connectivity index (χ0) is 12.5. The van der Waals surface area contributed by atoms with Crippen molar-refractivity contribution in [3.8, 4) is 0 Å². The molecule has 1 fully saturated rings. The number of aliphatic hydroxyl groups excluding tert-OH is 1. The second kappa shape index (κ2) is 4.73. The first-order valence-electron chi connectivity index (χ1n) is 6.81. The third kappa shape index (κ3) is 2.41. The molecule has 3 heteroatoms. The molecule has 0 radical (unpaired) electrons. The summed E-state index contributed by atoms with van der Waals surface area (Å²) in [7, 11) is 0. The molecule has 0 aromatic heterocycles. The van der Waals surface area contributed by atoms with Crippen molar-refractivity contribution in [3.63, 3.8) is 0 Å². The molecule has 1 unspecified atom stereocenters. The van der Waals surface area contributed by atoms with Gasteiger partial charge >= 0.3 is 0 Å². The van der Waals surface area contributed by atoms with Gasteiger partial charge in [0.25, 0.3) is 0 Å². The van der Waals surface area contributed by atoms with Crippen LogP contribution in [0.25, 0.3) is 0 Å². The number of carbonyl (C=O) groups excluding carboxylic acids is 1. The van der Waals surface area contributed by atoms with Gasteiger partial charge in [0, 0.05) is 12.5 Å². The predicted molar refractivity (Wildman–Crippen MR) is 69.2 cm³/mol. The lowest BCUT2D eigenvalue weighted by Crippen LogP contribution is -2.29. The number of nitrogens with one attached hydrogen (secondary N) is 1. The Morgan fingerprint density at radius 2 is 2.11 bits per heavy atom. The zero-order valence-electron chi connectivity index (χ0n) is 10.5. The maximum atomic E-state index is 11.5. The molecule has 1 atom stereocenters. The van der Waals surface area contributed by atoms with Crippen molar-refractivity contribution in [2.75, 3.05) is 6.54 Å². The molecule has 0 bridgehead atoms. The fourth-order valence-electron chi connectivity index (χ4n) is 2.60. The van der Waals surface area contributed by atoms with Gasteiger partial charge in [-0.2, -0.15) is 0 Å². The van der Waals surface area contributed by atoms with Crippen molar-refractivity contribution in [1.82, 2.24) is 5.32 Å². The first kappa shape index (κ1) is 11.7. The highest BCUT2D eigenvalue weighted by atomic mass is 16.3. The van der Waals surface area contributed by atoms with Crippen molar-refractivity contribution >= 4 is 5.91 Å². The number of fused-ring (bicyclic) bond motifs is 1. The van der Waals surface area contributed by atoms with E-state index in [4.69, 9.17) is 0 Å². The van der Waals surface area contributed by atoms with E-state index in [0.29, 0.717) is 6.54 Å². The van der Waals surface area contributed by atoms with Crippen LogP contribution in [0.5, 0.6) is 0 Å². The smallest absolute Gasteiger partial charge is 0.223 e. The minimum Gasteiger partial charge on any atom is -0.387 e. The van der Waals surface area contributed by atoms with E-state index in [1.165, 1.54) is 17.5 Å². The van der Waals surface area contributed by atoms with Crippen LogP contribution < -0.4 is 5.32 Å². The summed E-state index contributed by atoms with van der Waals surface area (Å²) in [5, 5.41) is 12.9. The highest BCUT2D eigenvalue weighted by Gasteiger charge is 2.29. The van der Waals surface area contributed by atoms with Crippen LogP contribution in [0, 0.1) is 5.92 Å². The Morgan fingerprint density at radius 3 is 2.89 bits per heavy atom. The molecule has 2 aliphatic carbocycles. The maximum absolute atomic E-state index is 11.5. The molecule has 0 saturated heterocycles. The second-order valence-electron chi connectivity index (χ2n) is 5.42. The van der Waals surface area contributed by atoms with Gasteiger partial charge in [0.1, 0.15) is 0 Å². The minimum absolute atomic E-state index is 0.0928. The average Bonchev–Trinajstić information content (AvgIpc) is 3.13. The maximum Gasteiger partial charge on any atom is 0.223 e. The summed E-state index contributed by atoms with van der Waals surface area (Å²) in [6.45, 7) is 0.328. The topological polar surface area (TPSA) is 49.3 Å². The Hall–Kier alpha value is -1.35. The highest BCUT2D eigenvalue weighted by Crippen LogP contribution is 2.29. The lowest BCUT2D eigenvalue weighted by molar-refractivity contribution is -0.122. The molecule has 1 saturated carbocycles. The van der Waals surface area contributed by atoms with Gasteiger partial charge in [0.2, 0.25) is 5.91 Å². The zero-order valence-corrected chi connectivity index (χ0v) is 10.5. The molecular formula is C15H19NO2. The molecule has 2 aliphatic rings. The fourth-order valence-corrected chi connectivity index (χ4v) is 2.60. The van der Waals surface area contributed by atoms with E-state index in [9.17, 15) is 9.90 Å². The second-order valence-corrected chi connectivity index (χ2v) is 5.42. The third-order valence-corrected chi connectivity index (χ3v) is 3.93. The van der Waals surface area contributed by atoms with Crippen LogP contribution in [0.1, 0.15) is 42.1 Å². The molecule has 2 N–H and O–H groups in total. The quantitative estimate of drug-likeness (QED) is 0.849. The van der Waals surface area contributed by atoms with Crippen molar-refractivity contribution in [2.45, 2.75) is 38.2 Å². The lowest BCUT2D eigenvalue weighted by Gasteiger charge is -2.13. The molecule has 1 aromatic rings. The molecule has 3 nitrogen and oxygen atoms in total. The molecule has 96 valence electrons. The van der Waals surface area contributed by atoms with Crippen LogP contribution in [0.3, 0.4) is 0 Å². The van der Waals surface area contributed by atoms with Gasteiger partial charge in [-0.15, -0.1) is 0 Å². The predicted octanol–water partition coefficient (Wildman–Crippen LogP) is 1.73. The average molecular weight is 245 g/mol. The molecular weight excluding hydrogens is 226 g/mol. The van der Waals surface area contributed by atoms with Crippen LogP contribution in [0.15, 0.2) is 18.2 Å². The van der Waals surface area contributed by atoms with E-state index in [1.54, 1.807) is 0 Å². The van der Waals surface area contributed by atoms with Gasteiger partial charge in [-0.05, 0) is 48.8 Å².